The van der Waals surface area contributed by atoms with Gasteiger partial charge in [-0.25, -0.2) is 4.99 Å². The number of rotatable bonds is 6. The SMILES string of the molecule is COc1ccc(C2N=C(SCc3cccc(Cl)c3)NC(C)=C2C(=O)Nc2ccc(Br)cc2)cc1. The molecule has 0 spiro atoms. The van der Waals surface area contributed by atoms with E-state index in [1.54, 1.807) is 18.9 Å². The molecule has 0 bridgehead atoms. The number of carbonyl (C=O) groups is 1. The van der Waals surface area contributed by atoms with Gasteiger partial charge in [-0.2, -0.15) is 0 Å². The summed E-state index contributed by atoms with van der Waals surface area (Å²) in [7, 11) is 1.63. The summed E-state index contributed by atoms with van der Waals surface area (Å²) in [6.45, 7) is 1.90. The monoisotopic (exact) mass is 555 g/mol. The number of hydrogen-bond donors (Lipinski definition) is 2. The highest BCUT2D eigenvalue weighted by Gasteiger charge is 2.29. The minimum Gasteiger partial charge on any atom is -0.497 e. The number of ether oxygens (including phenoxy) is 1. The zero-order valence-electron chi connectivity index (χ0n) is 18.6. The predicted molar refractivity (Wildman–Crippen MR) is 145 cm³/mol. The Kier molecular flexibility index (Phi) is 7.98. The molecule has 34 heavy (non-hydrogen) atoms. The van der Waals surface area contributed by atoms with Crippen LogP contribution in [0.25, 0.3) is 0 Å². The average molecular weight is 557 g/mol. The van der Waals surface area contributed by atoms with Gasteiger partial charge in [0.25, 0.3) is 5.91 Å². The van der Waals surface area contributed by atoms with Crippen molar-refractivity contribution in [1.29, 1.82) is 0 Å². The summed E-state index contributed by atoms with van der Waals surface area (Å²) < 4.78 is 6.25. The maximum atomic E-state index is 13.4. The summed E-state index contributed by atoms with van der Waals surface area (Å²) in [4.78, 5) is 18.3. The van der Waals surface area contributed by atoms with Crippen LogP contribution in [-0.2, 0) is 10.5 Å². The largest absolute Gasteiger partial charge is 0.497 e. The van der Waals surface area contributed by atoms with Crippen molar-refractivity contribution in [3.05, 3.63) is 105 Å². The lowest BCUT2D eigenvalue weighted by molar-refractivity contribution is -0.113. The number of nitrogens with zero attached hydrogens (tertiary/aromatic N) is 1. The zero-order chi connectivity index (χ0) is 24.1. The van der Waals surface area contributed by atoms with Crippen LogP contribution in [0.15, 0.2) is 93.5 Å². The number of aliphatic imine (C=N–C) groups is 1. The van der Waals surface area contributed by atoms with Crippen molar-refractivity contribution in [2.45, 2.75) is 18.7 Å². The van der Waals surface area contributed by atoms with Crippen molar-refractivity contribution in [3.8, 4) is 5.75 Å². The highest BCUT2D eigenvalue weighted by atomic mass is 79.9. The molecule has 0 radical (unpaired) electrons. The van der Waals surface area contributed by atoms with Crippen LogP contribution in [-0.4, -0.2) is 18.2 Å². The van der Waals surface area contributed by atoms with Gasteiger partial charge in [-0.15, -0.1) is 0 Å². The smallest absolute Gasteiger partial charge is 0.255 e. The molecule has 8 heteroatoms. The molecule has 4 rings (SSSR count). The minimum atomic E-state index is -0.454. The van der Waals surface area contributed by atoms with Crippen molar-refractivity contribution in [1.82, 2.24) is 5.32 Å². The van der Waals surface area contributed by atoms with E-state index in [9.17, 15) is 4.79 Å². The standard InChI is InChI=1S/C26H23BrClN3O2S/c1-16-23(25(32)30-21-10-8-19(27)9-11-21)24(18-6-12-22(33-2)13-7-18)31-26(29-16)34-15-17-4-3-5-20(28)14-17/h3-14,24H,15H2,1-2H3,(H,29,31)(H,30,32). The van der Waals surface area contributed by atoms with E-state index < -0.39 is 6.04 Å². The Morgan fingerprint density at radius 1 is 1.15 bits per heavy atom. The first-order valence-electron chi connectivity index (χ1n) is 10.6. The molecule has 3 aromatic rings. The summed E-state index contributed by atoms with van der Waals surface area (Å²) in [5.41, 5.74) is 4.05. The second kappa shape index (κ2) is 11.1. The number of carbonyl (C=O) groups excluding carboxylic acids is 1. The zero-order valence-corrected chi connectivity index (χ0v) is 21.8. The van der Waals surface area contributed by atoms with Gasteiger partial charge < -0.3 is 15.4 Å². The molecule has 0 saturated heterocycles. The molecule has 0 saturated carbocycles. The molecule has 1 unspecified atom stereocenters. The molecular weight excluding hydrogens is 534 g/mol. The van der Waals surface area contributed by atoms with Gasteiger partial charge in [-0.05, 0) is 66.6 Å². The third-order valence-corrected chi connectivity index (χ3v) is 6.98. The van der Waals surface area contributed by atoms with Crippen molar-refractivity contribution >= 4 is 56.1 Å². The van der Waals surface area contributed by atoms with Crippen LogP contribution in [0.3, 0.4) is 0 Å². The van der Waals surface area contributed by atoms with Crippen molar-refractivity contribution in [3.63, 3.8) is 0 Å². The first-order valence-corrected chi connectivity index (χ1v) is 12.7. The Morgan fingerprint density at radius 3 is 2.56 bits per heavy atom. The summed E-state index contributed by atoms with van der Waals surface area (Å²) in [6.07, 6.45) is 0. The van der Waals surface area contributed by atoms with E-state index in [0.29, 0.717) is 22.0 Å². The van der Waals surface area contributed by atoms with Crippen LogP contribution in [0.2, 0.25) is 5.02 Å². The fourth-order valence-electron chi connectivity index (χ4n) is 3.55. The summed E-state index contributed by atoms with van der Waals surface area (Å²) in [6, 6.07) is 22.4. The van der Waals surface area contributed by atoms with E-state index in [4.69, 9.17) is 21.3 Å². The van der Waals surface area contributed by atoms with E-state index in [-0.39, 0.29) is 5.91 Å². The van der Waals surface area contributed by atoms with Gasteiger partial charge in [0.1, 0.15) is 11.8 Å². The molecule has 0 aliphatic carbocycles. The second-order valence-electron chi connectivity index (χ2n) is 7.65. The van der Waals surface area contributed by atoms with Crippen molar-refractivity contribution in [2.75, 3.05) is 12.4 Å². The molecule has 5 nitrogen and oxygen atoms in total. The number of anilines is 1. The average Bonchev–Trinajstić information content (AvgIpc) is 2.84. The van der Waals surface area contributed by atoms with Gasteiger partial charge in [-0.1, -0.05) is 63.6 Å². The molecule has 1 aliphatic rings. The first-order chi connectivity index (χ1) is 16.4. The number of amidine groups is 1. The molecule has 1 atom stereocenters. The maximum Gasteiger partial charge on any atom is 0.255 e. The minimum absolute atomic E-state index is 0.198. The Balaban J connectivity index is 1.61. The van der Waals surface area contributed by atoms with Crippen LogP contribution in [0, 0.1) is 0 Å². The molecule has 0 fully saturated rings. The van der Waals surface area contributed by atoms with Crippen molar-refractivity contribution < 1.29 is 9.53 Å². The van der Waals surface area contributed by atoms with Crippen LogP contribution < -0.4 is 15.4 Å². The number of benzene rings is 3. The first kappa shape index (κ1) is 24.4. The normalized spacial score (nSPS) is 15.4. The van der Waals surface area contributed by atoms with Crippen LogP contribution >= 0.6 is 39.3 Å². The van der Waals surface area contributed by atoms with Gasteiger partial charge in [0.05, 0.1) is 12.7 Å². The molecule has 3 aromatic carbocycles. The predicted octanol–water partition coefficient (Wildman–Crippen LogP) is 6.96. The fraction of sp³-hybridized carbons (Fsp3) is 0.154. The highest BCUT2D eigenvalue weighted by molar-refractivity contribution is 9.10. The molecule has 1 aliphatic heterocycles. The Bertz CT molecular complexity index is 1240. The van der Waals surface area contributed by atoms with E-state index in [0.717, 1.165) is 32.2 Å². The topological polar surface area (TPSA) is 62.7 Å². The third kappa shape index (κ3) is 6.03. The summed E-state index contributed by atoms with van der Waals surface area (Å²) >= 11 is 11.1. The number of allylic oxidation sites excluding steroid dienone is 1. The van der Waals surface area contributed by atoms with E-state index >= 15 is 0 Å². The van der Waals surface area contributed by atoms with Gasteiger partial charge in [-0.3, -0.25) is 4.79 Å². The number of halogens is 2. The fourth-order valence-corrected chi connectivity index (χ4v) is 4.92. The van der Waals surface area contributed by atoms with Gasteiger partial charge >= 0.3 is 0 Å². The number of nitrogens with one attached hydrogen (secondary N) is 2. The Hall–Kier alpha value is -2.74. The van der Waals surface area contributed by atoms with Crippen molar-refractivity contribution in [2.24, 2.45) is 4.99 Å². The molecule has 1 heterocycles. The van der Waals surface area contributed by atoms with Crippen LogP contribution in [0.4, 0.5) is 5.69 Å². The van der Waals surface area contributed by atoms with Gasteiger partial charge in [0, 0.05) is 26.6 Å². The molecule has 1 amide bonds. The maximum absolute atomic E-state index is 13.4. The van der Waals surface area contributed by atoms with E-state index in [1.165, 1.54) is 0 Å². The van der Waals surface area contributed by atoms with Gasteiger partial charge in [0.2, 0.25) is 0 Å². The Morgan fingerprint density at radius 2 is 1.88 bits per heavy atom. The lowest BCUT2D eigenvalue weighted by atomic mass is 9.95. The van der Waals surface area contributed by atoms with E-state index in [1.807, 2.05) is 79.7 Å². The molecule has 174 valence electrons. The number of methoxy groups -OCH3 is 1. The van der Waals surface area contributed by atoms with Crippen LogP contribution in [0.1, 0.15) is 24.1 Å². The summed E-state index contributed by atoms with van der Waals surface area (Å²) in [5, 5.41) is 7.77. The van der Waals surface area contributed by atoms with E-state index in [2.05, 4.69) is 26.6 Å². The number of thioether (sulfide) groups is 1. The number of hydrogen-bond acceptors (Lipinski definition) is 5. The third-order valence-electron chi connectivity index (χ3n) is 5.26. The lowest BCUT2D eigenvalue weighted by Gasteiger charge is -2.26. The molecule has 2 N–H and O–H groups in total. The molecular formula is C26H23BrClN3O2S. The van der Waals surface area contributed by atoms with Crippen LogP contribution in [0.5, 0.6) is 5.75 Å². The number of amides is 1. The second-order valence-corrected chi connectivity index (χ2v) is 9.97. The lowest BCUT2D eigenvalue weighted by Crippen LogP contribution is -2.32. The molecule has 0 aromatic heterocycles. The summed E-state index contributed by atoms with van der Waals surface area (Å²) in [5.74, 6) is 1.25. The van der Waals surface area contributed by atoms with Gasteiger partial charge in [0.15, 0.2) is 5.17 Å². The quantitative estimate of drug-likeness (QED) is 0.345. The highest BCUT2D eigenvalue weighted by Crippen LogP contribution is 2.34. The Labute approximate surface area is 216 Å².